The highest BCUT2D eigenvalue weighted by molar-refractivity contribution is 5.66. The second-order valence-electron chi connectivity index (χ2n) is 5.88. The molecule has 0 aliphatic rings. The van der Waals surface area contributed by atoms with Gasteiger partial charge < -0.3 is 18.9 Å². The van der Waals surface area contributed by atoms with Crippen LogP contribution in [0.1, 0.15) is 50.7 Å². The first-order valence-electron chi connectivity index (χ1n) is 8.01. The van der Waals surface area contributed by atoms with E-state index in [1.54, 1.807) is 7.11 Å². The van der Waals surface area contributed by atoms with Gasteiger partial charge in [0, 0.05) is 7.11 Å². The largest absolute Gasteiger partial charge is 0.513 e. The Hall–Kier alpha value is -1.59. The first kappa shape index (κ1) is 19.5. The highest BCUT2D eigenvalue weighted by Gasteiger charge is 2.18. The number of methoxy groups -OCH3 is 1. The molecule has 5 nitrogen and oxygen atoms in total. The second kappa shape index (κ2) is 10.2. The third kappa shape index (κ3) is 6.59. The van der Waals surface area contributed by atoms with Gasteiger partial charge in [-0.15, -0.1) is 0 Å². The Morgan fingerprint density at radius 2 is 1.52 bits per heavy atom. The quantitative estimate of drug-likeness (QED) is 0.389. The van der Waals surface area contributed by atoms with Crippen molar-refractivity contribution < 1.29 is 23.7 Å². The van der Waals surface area contributed by atoms with Crippen molar-refractivity contribution in [1.82, 2.24) is 0 Å². The SMILES string of the molecule is COCCOCCOC(=O)Oc1c(C(C)C)cccc1C(C)C. The Labute approximate surface area is 138 Å². The van der Waals surface area contributed by atoms with Crippen molar-refractivity contribution in [3.63, 3.8) is 0 Å². The number of carbonyl (C=O) groups excluding carboxylic acids is 1. The zero-order valence-corrected chi connectivity index (χ0v) is 14.8. The van der Waals surface area contributed by atoms with E-state index in [-0.39, 0.29) is 18.4 Å². The van der Waals surface area contributed by atoms with Crippen molar-refractivity contribution in [2.75, 3.05) is 33.5 Å². The number of carbonyl (C=O) groups is 1. The minimum atomic E-state index is -0.699. The lowest BCUT2D eigenvalue weighted by molar-refractivity contribution is 0.0311. The van der Waals surface area contributed by atoms with Gasteiger partial charge in [0.25, 0.3) is 0 Å². The van der Waals surface area contributed by atoms with Gasteiger partial charge in [0.2, 0.25) is 0 Å². The second-order valence-corrected chi connectivity index (χ2v) is 5.88. The lowest BCUT2D eigenvalue weighted by Crippen LogP contribution is -2.17. The van der Waals surface area contributed by atoms with Gasteiger partial charge in [0.05, 0.1) is 19.8 Å². The van der Waals surface area contributed by atoms with Crippen molar-refractivity contribution >= 4 is 6.16 Å². The maximum atomic E-state index is 11.9. The number of ether oxygens (including phenoxy) is 4. The Morgan fingerprint density at radius 3 is 2.04 bits per heavy atom. The molecule has 0 saturated carbocycles. The van der Waals surface area contributed by atoms with Gasteiger partial charge in [-0.3, -0.25) is 0 Å². The fourth-order valence-corrected chi connectivity index (χ4v) is 2.14. The summed E-state index contributed by atoms with van der Waals surface area (Å²) in [5, 5.41) is 0. The topological polar surface area (TPSA) is 54.0 Å². The zero-order valence-electron chi connectivity index (χ0n) is 14.8. The summed E-state index contributed by atoms with van der Waals surface area (Å²) in [4.78, 5) is 11.9. The highest BCUT2D eigenvalue weighted by atomic mass is 16.7. The molecule has 1 rings (SSSR count). The molecule has 0 heterocycles. The molecule has 130 valence electrons. The number of hydrogen-bond acceptors (Lipinski definition) is 5. The maximum Gasteiger partial charge on any atom is 0.513 e. The van der Waals surface area contributed by atoms with Gasteiger partial charge in [-0.2, -0.15) is 0 Å². The molecule has 0 fully saturated rings. The molecule has 0 radical (unpaired) electrons. The van der Waals surface area contributed by atoms with Crippen molar-refractivity contribution in [2.45, 2.75) is 39.5 Å². The Kier molecular flexibility index (Phi) is 8.66. The van der Waals surface area contributed by atoms with Crippen LogP contribution in [0.3, 0.4) is 0 Å². The van der Waals surface area contributed by atoms with Gasteiger partial charge >= 0.3 is 6.16 Å². The van der Waals surface area contributed by atoms with Gasteiger partial charge in [0.1, 0.15) is 12.4 Å². The number of para-hydroxylation sites is 1. The molecule has 0 aliphatic carbocycles. The summed E-state index contributed by atoms with van der Waals surface area (Å²) >= 11 is 0. The zero-order chi connectivity index (χ0) is 17.2. The summed E-state index contributed by atoms with van der Waals surface area (Å²) in [5.41, 5.74) is 2.01. The summed E-state index contributed by atoms with van der Waals surface area (Å²) in [6.07, 6.45) is -0.699. The molecule has 0 aliphatic heterocycles. The molecule has 0 spiro atoms. The van der Waals surface area contributed by atoms with E-state index < -0.39 is 6.16 Å². The average molecular weight is 324 g/mol. The first-order chi connectivity index (χ1) is 11.0. The van der Waals surface area contributed by atoms with Crippen LogP contribution in [0.4, 0.5) is 4.79 Å². The molecule has 23 heavy (non-hydrogen) atoms. The summed E-state index contributed by atoms with van der Waals surface area (Å²) < 4.78 is 20.7. The fraction of sp³-hybridized carbons (Fsp3) is 0.611. The number of rotatable bonds is 9. The molecule has 5 heteroatoms. The van der Waals surface area contributed by atoms with Crippen LogP contribution in [0.25, 0.3) is 0 Å². The van der Waals surface area contributed by atoms with E-state index in [4.69, 9.17) is 18.9 Å². The average Bonchev–Trinajstić information content (AvgIpc) is 2.50. The third-order valence-corrected chi connectivity index (χ3v) is 3.38. The molecular weight excluding hydrogens is 296 g/mol. The molecule has 0 saturated heterocycles. The smallest absolute Gasteiger partial charge is 0.432 e. The van der Waals surface area contributed by atoms with E-state index in [0.29, 0.717) is 25.6 Å². The van der Waals surface area contributed by atoms with Crippen LogP contribution in [0.2, 0.25) is 0 Å². The summed E-state index contributed by atoms with van der Waals surface area (Å²) in [6, 6.07) is 5.95. The van der Waals surface area contributed by atoms with Gasteiger partial charge in [-0.1, -0.05) is 45.9 Å². The van der Waals surface area contributed by atoms with Crippen molar-refractivity contribution in [3.05, 3.63) is 29.3 Å². The molecular formula is C18H28O5. The van der Waals surface area contributed by atoms with Crippen LogP contribution in [-0.4, -0.2) is 39.7 Å². The summed E-state index contributed by atoms with van der Waals surface area (Å²) in [7, 11) is 1.61. The van der Waals surface area contributed by atoms with Crippen LogP contribution >= 0.6 is 0 Å². The molecule has 0 unspecified atom stereocenters. The Balaban J connectivity index is 2.63. The molecule has 1 aromatic rings. The van der Waals surface area contributed by atoms with Gasteiger partial charge in [-0.25, -0.2) is 4.79 Å². The molecule has 1 aromatic carbocycles. The molecule has 0 atom stereocenters. The predicted octanol–water partition coefficient (Wildman–Crippen LogP) is 4.11. The predicted molar refractivity (Wildman–Crippen MR) is 89.3 cm³/mol. The molecule has 0 amide bonds. The van der Waals surface area contributed by atoms with E-state index in [2.05, 4.69) is 27.7 Å². The van der Waals surface area contributed by atoms with E-state index in [1.807, 2.05) is 18.2 Å². The van der Waals surface area contributed by atoms with Crippen molar-refractivity contribution in [1.29, 1.82) is 0 Å². The lowest BCUT2D eigenvalue weighted by atomic mass is 9.94. The highest BCUT2D eigenvalue weighted by Crippen LogP contribution is 2.34. The standard InChI is InChI=1S/C18H28O5/c1-13(2)15-7-6-8-16(14(3)4)17(15)23-18(19)22-12-11-21-10-9-20-5/h6-8,13-14H,9-12H2,1-5H3. The van der Waals surface area contributed by atoms with E-state index >= 15 is 0 Å². The van der Waals surface area contributed by atoms with Crippen LogP contribution < -0.4 is 4.74 Å². The molecule has 0 N–H and O–H groups in total. The van der Waals surface area contributed by atoms with Crippen LogP contribution in [0, 0.1) is 0 Å². The van der Waals surface area contributed by atoms with Gasteiger partial charge in [-0.05, 0) is 23.0 Å². The fourth-order valence-electron chi connectivity index (χ4n) is 2.14. The van der Waals surface area contributed by atoms with E-state index in [1.165, 1.54) is 0 Å². The Bertz CT molecular complexity index is 456. The van der Waals surface area contributed by atoms with E-state index in [9.17, 15) is 4.79 Å². The Morgan fingerprint density at radius 1 is 0.957 bits per heavy atom. The molecule has 0 aromatic heterocycles. The van der Waals surface area contributed by atoms with E-state index in [0.717, 1.165) is 11.1 Å². The summed E-state index contributed by atoms with van der Waals surface area (Å²) in [6.45, 7) is 9.75. The maximum absolute atomic E-state index is 11.9. The van der Waals surface area contributed by atoms with Gasteiger partial charge in [0.15, 0.2) is 0 Å². The van der Waals surface area contributed by atoms with Crippen molar-refractivity contribution in [3.8, 4) is 5.75 Å². The lowest BCUT2D eigenvalue weighted by Gasteiger charge is -2.18. The van der Waals surface area contributed by atoms with Crippen LogP contribution in [0.15, 0.2) is 18.2 Å². The minimum Gasteiger partial charge on any atom is -0.432 e. The number of hydrogen-bond donors (Lipinski definition) is 0. The van der Waals surface area contributed by atoms with Crippen LogP contribution in [-0.2, 0) is 14.2 Å². The minimum absolute atomic E-state index is 0.156. The first-order valence-corrected chi connectivity index (χ1v) is 8.01. The molecule has 0 bridgehead atoms. The number of benzene rings is 1. The third-order valence-electron chi connectivity index (χ3n) is 3.38. The normalized spacial score (nSPS) is 11.1. The monoisotopic (exact) mass is 324 g/mol. The van der Waals surface area contributed by atoms with Crippen LogP contribution in [0.5, 0.6) is 5.75 Å². The summed E-state index contributed by atoms with van der Waals surface area (Å²) in [5.74, 6) is 1.13. The van der Waals surface area contributed by atoms with Crippen molar-refractivity contribution in [2.24, 2.45) is 0 Å².